The van der Waals surface area contributed by atoms with E-state index in [1.165, 1.54) is 0 Å². The van der Waals surface area contributed by atoms with Crippen molar-refractivity contribution in [2.45, 2.75) is 19.3 Å². The molecule has 0 saturated heterocycles. The van der Waals surface area contributed by atoms with Crippen LogP contribution in [-0.2, 0) is 0 Å². The van der Waals surface area contributed by atoms with Crippen LogP contribution in [0.1, 0.15) is 29.6 Å². The molecule has 4 rings (SSSR count). The molecule has 0 radical (unpaired) electrons. The normalized spacial score (nSPS) is 28.2. The summed E-state index contributed by atoms with van der Waals surface area (Å²) < 4.78 is 0. The number of hydrogen-bond acceptors (Lipinski definition) is 3. The van der Waals surface area contributed by atoms with Crippen LogP contribution in [-0.4, -0.2) is 16.7 Å². The molecule has 0 heterocycles. The van der Waals surface area contributed by atoms with Crippen molar-refractivity contribution >= 4 is 11.5 Å². The summed E-state index contributed by atoms with van der Waals surface area (Å²) in [5.41, 5.74) is 2.49. The number of ketones is 1. The van der Waals surface area contributed by atoms with Crippen LogP contribution in [0.3, 0.4) is 0 Å². The molecule has 0 aliphatic heterocycles. The first-order valence-electron chi connectivity index (χ1n) is 6.32. The Kier molecular flexibility index (Phi) is 2.74. The predicted octanol–water partition coefficient (Wildman–Crippen LogP) is 3.06. The van der Waals surface area contributed by atoms with Gasteiger partial charge in [0.05, 0.1) is 5.71 Å². The lowest BCUT2D eigenvalue weighted by Crippen LogP contribution is -2.33. The summed E-state index contributed by atoms with van der Waals surface area (Å²) in [7, 11) is 0. The van der Waals surface area contributed by atoms with Gasteiger partial charge in [-0.1, -0.05) is 41.6 Å². The molecule has 1 aromatic rings. The number of allylic oxidation sites excluding steroid dienone is 2. The van der Waals surface area contributed by atoms with Gasteiger partial charge in [0.2, 0.25) is 0 Å². The Bertz CT molecular complexity index is 531. The highest BCUT2D eigenvalue weighted by Gasteiger charge is 2.36. The summed E-state index contributed by atoms with van der Waals surface area (Å²) in [5, 5.41) is 12.3. The number of oxime groups is 1. The zero-order chi connectivity index (χ0) is 12.5. The number of nitrogens with zero attached hydrogens (tertiary/aromatic N) is 1. The van der Waals surface area contributed by atoms with Gasteiger partial charge in [0.15, 0.2) is 5.78 Å². The fourth-order valence-electron chi connectivity index (χ4n) is 2.98. The second-order valence-corrected chi connectivity index (χ2v) is 4.99. The largest absolute Gasteiger partial charge is 0.411 e. The Morgan fingerprint density at radius 1 is 1.22 bits per heavy atom. The zero-order valence-electron chi connectivity index (χ0n) is 10.0. The lowest BCUT2D eigenvalue weighted by Gasteiger charge is -2.35. The lowest BCUT2D eigenvalue weighted by atomic mass is 9.68. The van der Waals surface area contributed by atoms with Gasteiger partial charge in [-0.15, -0.1) is 0 Å². The van der Waals surface area contributed by atoms with Crippen molar-refractivity contribution in [1.82, 2.24) is 0 Å². The van der Waals surface area contributed by atoms with Crippen LogP contribution in [0.5, 0.6) is 0 Å². The second-order valence-electron chi connectivity index (χ2n) is 4.99. The fourth-order valence-corrected chi connectivity index (χ4v) is 2.98. The Balaban J connectivity index is 1.93. The second kappa shape index (κ2) is 4.41. The quantitative estimate of drug-likeness (QED) is 0.491. The molecule has 0 unspecified atom stereocenters. The van der Waals surface area contributed by atoms with Crippen molar-refractivity contribution in [3.63, 3.8) is 0 Å². The molecule has 18 heavy (non-hydrogen) atoms. The highest BCUT2D eigenvalue weighted by molar-refractivity contribution is 6.11. The van der Waals surface area contributed by atoms with Crippen LogP contribution in [0, 0.1) is 11.8 Å². The third-order valence-electron chi connectivity index (χ3n) is 3.96. The van der Waals surface area contributed by atoms with Crippen LogP contribution in [0.25, 0.3) is 0 Å². The standard InChI is InChI=1S/C15H15NO2/c17-15(10-4-2-1-3-5-10)13-8-12-7-6-11(13)9-14(12)16-18/h1-5,8,11-12,18H,6-7,9H2/b16-14-/t11-,12-/m1/s1. The molecule has 0 spiro atoms. The van der Waals surface area contributed by atoms with Gasteiger partial charge in [-0.25, -0.2) is 0 Å². The minimum Gasteiger partial charge on any atom is -0.411 e. The SMILES string of the molecule is O=C(C1=C[C@H]2CC[C@@H]1C/C2=N/O)c1ccccc1. The topological polar surface area (TPSA) is 49.7 Å². The molecule has 2 bridgehead atoms. The summed E-state index contributed by atoms with van der Waals surface area (Å²) in [6.07, 6.45) is 4.75. The van der Waals surface area contributed by atoms with Crippen molar-refractivity contribution in [3.05, 3.63) is 47.5 Å². The molecule has 92 valence electrons. The lowest BCUT2D eigenvalue weighted by molar-refractivity contribution is 0.101. The first kappa shape index (κ1) is 11.2. The monoisotopic (exact) mass is 241 g/mol. The minimum atomic E-state index is 0.127. The maximum absolute atomic E-state index is 12.4. The average molecular weight is 241 g/mol. The summed E-state index contributed by atoms with van der Waals surface area (Å²) in [4.78, 5) is 12.4. The van der Waals surface area contributed by atoms with Gasteiger partial charge in [-0.05, 0) is 25.2 Å². The average Bonchev–Trinajstić information content (AvgIpc) is 2.47. The van der Waals surface area contributed by atoms with Crippen molar-refractivity contribution < 1.29 is 10.0 Å². The fraction of sp³-hybridized carbons (Fsp3) is 0.333. The van der Waals surface area contributed by atoms with Gasteiger partial charge >= 0.3 is 0 Å². The Morgan fingerprint density at radius 2 is 2.00 bits per heavy atom. The van der Waals surface area contributed by atoms with Gasteiger partial charge in [0, 0.05) is 17.1 Å². The van der Waals surface area contributed by atoms with Gasteiger partial charge in [0.25, 0.3) is 0 Å². The Labute approximate surface area is 106 Å². The predicted molar refractivity (Wildman–Crippen MR) is 68.9 cm³/mol. The number of benzene rings is 1. The highest BCUT2D eigenvalue weighted by Crippen LogP contribution is 2.40. The molecule has 0 amide bonds. The number of Topliss-reactive ketones (excluding diaryl/α,β-unsaturated/α-hetero) is 1. The summed E-state index contributed by atoms with van der Waals surface area (Å²) >= 11 is 0. The maximum atomic E-state index is 12.4. The van der Waals surface area contributed by atoms with E-state index in [0.717, 1.165) is 36.1 Å². The van der Waals surface area contributed by atoms with E-state index in [4.69, 9.17) is 5.21 Å². The van der Waals surface area contributed by atoms with E-state index >= 15 is 0 Å². The Hall–Kier alpha value is -1.90. The molecule has 1 aromatic carbocycles. The number of carbonyl (C=O) groups is 1. The van der Waals surface area contributed by atoms with Crippen molar-refractivity contribution in [1.29, 1.82) is 0 Å². The van der Waals surface area contributed by atoms with E-state index in [1.807, 2.05) is 36.4 Å². The third kappa shape index (κ3) is 1.76. The molecule has 2 atom stereocenters. The summed E-state index contributed by atoms with van der Waals surface area (Å²) in [6.45, 7) is 0. The smallest absolute Gasteiger partial charge is 0.189 e. The first-order valence-corrected chi connectivity index (χ1v) is 6.32. The van der Waals surface area contributed by atoms with Gasteiger partial charge in [-0.2, -0.15) is 0 Å². The van der Waals surface area contributed by atoms with Crippen molar-refractivity contribution in [2.75, 3.05) is 0 Å². The van der Waals surface area contributed by atoms with Crippen molar-refractivity contribution in [2.24, 2.45) is 17.0 Å². The number of carbonyl (C=O) groups excluding carboxylic acids is 1. The maximum Gasteiger partial charge on any atom is 0.189 e. The molecular formula is C15H15NO2. The van der Waals surface area contributed by atoms with Gasteiger partial charge in [-0.3, -0.25) is 4.79 Å². The van der Waals surface area contributed by atoms with E-state index in [2.05, 4.69) is 5.16 Å². The number of rotatable bonds is 2. The summed E-state index contributed by atoms with van der Waals surface area (Å²) in [5.74, 6) is 0.513. The van der Waals surface area contributed by atoms with E-state index < -0.39 is 0 Å². The van der Waals surface area contributed by atoms with Gasteiger partial charge < -0.3 is 5.21 Å². The highest BCUT2D eigenvalue weighted by atomic mass is 16.4. The van der Waals surface area contributed by atoms with Crippen molar-refractivity contribution in [3.8, 4) is 0 Å². The van der Waals surface area contributed by atoms with Crippen LogP contribution >= 0.6 is 0 Å². The molecule has 1 fully saturated rings. The van der Waals surface area contributed by atoms with E-state index in [0.29, 0.717) is 0 Å². The van der Waals surface area contributed by atoms with Gasteiger partial charge in [0.1, 0.15) is 0 Å². The van der Waals surface area contributed by atoms with Crippen LogP contribution in [0.15, 0.2) is 47.1 Å². The van der Waals surface area contributed by atoms with E-state index in [9.17, 15) is 4.79 Å². The molecule has 0 aromatic heterocycles. The van der Waals surface area contributed by atoms with E-state index in [1.54, 1.807) is 0 Å². The third-order valence-corrected chi connectivity index (χ3v) is 3.96. The van der Waals surface area contributed by atoms with E-state index in [-0.39, 0.29) is 17.6 Å². The molecule has 1 saturated carbocycles. The summed E-state index contributed by atoms with van der Waals surface area (Å²) in [6, 6.07) is 9.39. The van der Waals surface area contributed by atoms with Crippen LogP contribution < -0.4 is 0 Å². The number of fused-ring (bicyclic) bond motifs is 2. The Morgan fingerprint density at radius 3 is 2.61 bits per heavy atom. The molecular weight excluding hydrogens is 226 g/mol. The first-order chi connectivity index (χ1) is 8.79. The molecule has 3 aliphatic rings. The molecule has 3 heteroatoms. The van der Waals surface area contributed by atoms with Crippen LogP contribution in [0.4, 0.5) is 0 Å². The van der Waals surface area contributed by atoms with Crippen LogP contribution in [0.2, 0.25) is 0 Å². The number of hydrogen-bond donors (Lipinski definition) is 1. The molecule has 3 nitrogen and oxygen atoms in total. The zero-order valence-corrected chi connectivity index (χ0v) is 10.0. The minimum absolute atomic E-state index is 0.127. The molecule has 3 aliphatic carbocycles. The molecule has 1 N–H and O–H groups in total.